The van der Waals surface area contributed by atoms with Crippen molar-refractivity contribution in [3.63, 3.8) is 0 Å². The van der Waals surface area contributed by atoms with Gasteiger partial charge in [0, 0.05) is 32.1 Å². The lowest BCUT2D eigenvalue weighted by molar-refractivity contribution is 0.129. The maximum Gasteiger partial charge on any atom is 0.0715 e. The quantitative estimate of drug-likeness (QED) is 0.740. The monoisotopic (exact) mass is 209 g/mol. The van der Waals surface area contributed by atoms with Crippen LogP contribution >= 0.6 is 0 Å². The molecule has 1 aromatic rings. The van der Waals surface area contributed by atoms with Crippen molar-refractivity contribution in [3.8, 4) is 0 Å². The van der Waals surface area contributed by atoms with E-state index in [4.69, 9.17) is 4.74 Å². The van der Waals surface area contributed by atoms with Crippen molar-refractivity contribution in [2.75, 3.05) is 26.0 Å². The van der Waals surface area contributed by atoms with E-state index in [0.29, 0.717) is 0 Å². The van der Waals surface area contributed by atoms with Crippen molar-refractivity contribution >= 4 is 5.69 Å². The summed E-state index contributed by atoms with van der Waals surface area (Å²) in [7, 11) is 3.63. The van der Waals surface area contributed by atoms with Gasteiger partial charge in [-0.25, -0.2) is 0 Å². The van der Waals surface area contributed by atoms with E-state index in [1.165, 1.54) is 0 Å². The van der Waals surface area contributed by atoms with Crippen LogP contribution < -0.4 is 10.6 Å². The summed E-state index contributed by atoms with van der Waals surface area (Å²) in [4.78, 5) is 4.24. The molecular weight excluding hydrogens is 190 g/mol. The van der Waals surface area contributed by atoms with Crippen LogP contribution in [0.3, 0.4) is 0 Å². The van der Waals surface area contributed by atoms with Crippen molar-refractivity contribution in [2.24, 2.45) is 0 Å². The molecule has 0 aliphatic rings. The summed E-state index contributed by atoms with van der Waals surface area (Å²) in [6.07, 6.45) is 2.03. The number of nitrogens with zero attached hydrogens (tertiary/aromatic N) is 1. The lowest BCUT2D eigenvalue weighted by Gasteiger charge is -2.12. The van der Waals surface area contributed by atoms with Gasteiger partial charge in [0.25, 0.3) is 0 Å². The topological polar surface area (TPSA) is 46.2 Å². The Morgan fingerprint density at radius 1 is 1.53 bits per heavy atom. The molecule has 0 spiro atoms. The van der Waals surface area contributed by atoms with Gasteiger partial charge in [0.2, 0.25) is 0 Å². The minimum atomic E-state index is 0.214. The molecule has 0 aromatic carbocycles. The first-order valence-corrected chi connectivity index (χ1v) is 5.12. The molecule has 1 rings (SSSR count). The average molecular weight is 209 g/mol. The van der Waals surface area contributed by atoms with Crippen LogP contribution in [0.2, 0.25) is 0 Å². The minimum Gasteiger partial charge on any atom is -0.382 e. The van der Waals surface area contributed by atoms with Crippen LogP contribution in [0.15, 0.2) is 18.3 Å². The Labute approximate surface area is 91.1 Å². The first kappa shape index (κ1) is 11.9. The SMILES string of the molecule is CNCc1cc(NCC(C)OC)ccn1. The molecule has 0 fully saturated rings. The second-order valence-corrected chi connectivity index (χ2v) is 3.49. The molecule has 0 saturated carbocycles. The molecule has 0 saturated heterocycles. The number of ether oxygens (including phenoxy) is 1. The zero-order valence-corrected chi connectivity index (χ0v) is 9.58. The predicted molar refractivity (Wildman–Crippen MR) is 62.0 cm³/mol. The van der Waals surface area contributed by atoms with Crippen molar-refractivity contribution in [3.05, 3.63) is 24.0 Å². The number of aromatic nitrogens is 1. The smallest absolute Gasteiger partial charge is 0.0715 e. The van der Waals surface area contributed by atoms with E-state index < -0.39 is 0 Å². The molecule has 1 heterocycles. The number of anilines is 1. The predicted octanol–water partition coefficient (Wildman–Crippen LogP) is 1.25. The average Bonchev–Trinajstić information content (AvgIpc) is 2.27. The molecule has 4 heteroatoms. The Balaban J connectivity index is 2.50. The van der Waals surface area contributed by atoms with Gasteiger partial charge in [-0.15, -0.1) is 0 Å². The Morgan fingerprint density at radius 2 is 2.33 bits per heavy atom. The van der Waals surface area contributed by atoms with Gasteiger partial charge >= 0.3 is 0 Å². The first-order valence-electron chi connectivity index (χ1n) is 5.12. The number of hydrogen-bond acceptors (Lipinski definition) is 4. The van der Waals surface area contributed by atoms with Gasteiger partial charge in [0.05, 0.1) is 11.8 Å². The summed E-state index contributed by atoms with van der Waals surface area (Å²) in [5.41, 5.74) is 2.12. The Morgan fingerprint density at radius 3 is 3.00 bits per heavy atom. The Hall–Kier alpha value is -1.13. The highest BCUT2D eigenvalue weighted by atomic mass is 16.5. The maximum absolute atomic E-state index is 5.16. The lowest BCUT2D eigenvalue weighted by Crippen LogP contribution is -2.18. The zero-order valence-electron chi connectivity index (χ0n) is 9.58. The number of methoxy groups -OCH3 is 1. The van der Waals surface area contributed by atoms with E-state index >= 15 is 0 Å². The molecule has 0 aliphatic carbocycles. The number of nitrogens with one attached hydrogen (secondary N) is 2. The summed E-state index contributed by atoms with van der Waals surface area (Å²) in [6.45, 7) is 3.62. The first-order chi connectivity index (χ1) is 7.26. The van der Waals surface area contributed by atoms with E-state index in [0.717, 1.165) is 24.5 Å². The van der Waals surface area contributed by atoms with Gasteiger partial charge in [0.15, 0.2) is 0 Å². The van der Waals surface area contributed by atoms with Crippen LogP contribution in [-0.4, -0.2) is 31.8 Å². The van der Waals surface area contributed by atoms with Gasteiger partial charge < -0.3 is 15.4 Å². The molecule has 1 aromatic heterocycles. The fourth-order valence-electron chi connectivity index (χ4n) is 1.21. The fourth-order valence-corrected chi connectivity index (χ4v) is 1.21. The van der Waals surface area contributed by atoms with Crippen LogP contribution in [0.25, 0.3) is 0 Å². The number of hydrogen-bond donors (Lipinski definition) is 2. The largest absolute Gasteiger partial charge is 0.382 e. The van der Waals surface area contributed by atoms with Crippen LogP contribution in [0.1, 0.15) is 12.6 Å². The third-order valence-electron chi connectivity index (χ3n) is 2.17. The minimum absolute atomic E-state index is 0.214. The third kappa shape index (κ3) is 4.27. The molecule has 0 radical (unpaired) electrons. The van der Waals surface area contributed by atoms with Gasteiger partial charge in [0.1, 0.15) is 0 Å². The third-order valence-corrected chi connectivity index (χ3v) is 2.17. The number of pyridine rings is 1. The summed E-state index contributed by atoms with van der Waals surface area (Å²) >= 11 is 0. The van der Waals surface area contributed by atoms with Crippen molar-refractivity contribution < 1.29 is 4.74 Å². The summed E-state index contributed by atoms with van der Waals surface area (Å²) in [5.74, 6) is 0. The second-order valence-electron chi connectivity index (χ2n) is 3.49. The van der Waals surface area contributed by atoms with E-state index in [1.807, 2.05) is 32.3 Å². The molecule has 2 N–H and O–H groups in total. The molecule has 1 unspecified atom stereocenters. The van der Waals surface area contributed by atoms with Crippen LogP contribution in [0.5, 0.6) is 0 Å². The molecule has 15 heavy (non-hydrogen) atoms. The lowest BCUT2D eigenvalue weighted by atomic mass is 10.3. The van der Waals surface area contributed by atoms with Gasteiger partial charge in [-0.3, -0.25) is 4.98 Å². The summed E-state index contributed by atoms with van der Waals surface area (Å²) in [5, 5.41) is 6.37. The molecule has 1 atom stereocenters. The highest BCUT2D eigenvalue weighted by molar-refractivity contribution is 5.43. The van der Waals surface area contributed by atoms with E-state index in [2.05, 4.69) is 15.6 Å². The van der Waals surface area contributed by atoms with E-state index in [9.17, 15) is 0 Å². The Kier molecular flexibility index (Phi) is 5.07. The highest BCUT2D eigenvalue weighted by Gasteiger charge is 2.00. The van der Waals surface area contributed by atoms with E-state index in [1.54, 1.807) is 7.11 Å². The normalized spacial score (nSPS) is 12.5. The highest BCUT2D eigenvalue weighted by Crippen LogP contribution is 2.07. The van der Waals surface area contributed by atoms with Crippen LogP contribution in [0, 0.1) is 0 Å². The zero-order chi connectivity index (χ0) is 11.1. The van der Waals surface area contributed by atoms with E-state index in [-0.39, 0.29) is 6.10 Å². The summed E-state index contributed by atoms with van der Waals surface area (Å²) < 4.78 is 5.16. The maximum atomic E-state index is 5.16. The van der Waals surface area contributed by atoms with Crippen LogP contribution in [0.4, 0.5) is 5.69 Å². The van der Waals surface area contributed by atoms with Gasteiger partial charge in [-0.05, 0) is 26.1 Å². The summed E-state index contributed by atoms with van der Waals surface area (Å²) in [6, 6.07) is 4.00. The van der Waals surface area contributed by atoms with Crippen molar-refractivity contribution in [1.82, 2.24) is 10.3 Å². The van der Waals surface area contributed by atoms with Crippen molar-refractivity contribution in [1.29, 1.82) is 0 Å². The molecule has 4 nitrogen and oxygen atoms in total. The molecular formula is C11H19N3O. The van der Waals surface area contributed by atoms with Crippen LogP contribution in [-0.2, 0) is 11.3 Å². The molecule has 0 amide bonds. The van der Waals surface area contributed by atoms with Gasteiger partial charge in [-0.2, -0.15) is 0 Å². The standard InChI is InChI=1S/C11H19N3O/c1-9(15-3)7-14-10-4-5-13-11(6-10)8-12-2/h4-6,9,12H,7-8H2,1-3H3,(H,13,14). The molecule has 84 valence electrons. The fraction of sp³-hybridized carbons (Fsp3) is 0.545. The molecule has 0 aliphatic heterocycles. The second kappa shape index (κ2) is 6.37. The number of rotatable bonds is 6. The van der Waals surface area contributed by atoms with Crippen molar-refractivity contribution in [2.45, 2.75) is 19.6 Å². The van der Waals surface area contributed by atoms with Gasteiger partial charge in [-0.1, -0.05) is 0 Å². The molecule has 0 bridgehead atoms. The Bertz CT molecular complexity index is 291.